The Morgan fingerprint density at radius 2 is 2.07 bits per heavy atom. The number of fused-ring (bicyclic) bond motifs is 1. The number of hydrogen-bond acceptors (Lipinski definition) is 7. The van der Waals surface area contributed by atoms with Crippen LogP contribution in [-0.2, 0) is 14.5 Å². The molecule has 9 heteroatoms. The third-order valence-corrected chi connectivity index (χ3v) is 4.95. The summed E-state index contributed by atoms with van der Waals surface area (Å²) in [4.78, 5) is 51.7. The zero-order valence-electron chi connectivity index (χ0n) is 15.9. The quantitative estimate of drug-likeness (QED) is 0.440. The highest BCUT2D eigenvalue weighted by molar-refractivity contribution is 5.92. The van der Waals surface area contributed by atoms with Crippen LogP contribution in [0, 0.1) is 16.0 Å². The molecule has 1 aromatic carbocycles. The van der Waals surface area contributed by atoms with E-state index in [-0.39, 0.29) is 34.2 Å². The van der Waals surface area contributed by atoms with Gasteiger partial charge in [-0.3, -0.25) is 24.8 Å². The van der Waals surface area contributed by atoms with E-state index < -0.39 is 16.4 Å². The van der Waals surface area contributed by atoms with Gasteiger partial charge in [0, 0.05) is 24.7 Å². The first-order valence-corrected chi connectivity index (χ1v) is 8.98. The first kappa shape index (κ1) is 19.5. The summed E-state index contributed by atoms with van der Waals surface area (Å²) >= 11 is 0. The van der Waals surface area contributed by atoms with Gasteiger partial charge in [-0.15, -0.1) is 0 Å². The van der Waals surface area contributed by atoms with Crippen LogP contribution in [0.25, 0.3) is 10.9 Å². The SMILES string of the molecule is CC(C)C(=O)N1CCC[C@@]1(C)C(=O)OOc1ccc([N+](=O)[O-])c2cccnc12. The molecule has 0 saturated carbocycles. The number of aromatic nitrogens is 1. The highest BCUT2D eigenvalue weighted by Gasteiger charge is 2.48. The number of nitro benzene ring substituents is 1. The number of hydrogen-bond donors (Lipinski definition) is 0. The lowest BCUT2D eigenvalue weighted by Gasteiger charge is -2.33. The van der Waals surface area contributed by atoms with Crippen LogP contribution in [0.15, 0.2) is 30.5 Å². The number of pyridine rings is 1. The van der Waals surface area contributed by atoms with Gasteiger partial charge in [-0.25, -0.2) is 9.68 Å². The van der Waals surface area contributed by atoms with E-state index >= 15 is 0 Å². The van der Waals surface area contributed by atoms with E-state index in [4.69, 9.17) is 9.78 Å². The zero-order chi connectivity index (χ0) is 20.5. The normalized spacial score (nSPS) is 19.1. The standard InChI is InChI=1S/C19H21N3O6/c1-12(2)17(23)21-11-5-9-19(21,3)18(24)28-27-15-8-7-14(22(25)26)13-6-4-10-20-16(13)15/h4,6-8,10,12H,5,9,11H2,1-3H3/t19-/m0/s1. The van der Waals surface area contributed by atoms with Gasteiger partial charge in [0.05, 0.1) is 10.3 Å². The summed E-state index contributed by atoms with van der Waals surface area (Å²) in [5.41, 5.74) is -1.04. The van der Waals surface area contributed by atoms with Gasteiger partial charge >= 0.3 is 5.97 Å². The summed E-state index contributed by atoms with van der Waals surface area (Å²) in [6.07, 6.45) is 2.61. The van der Waals surface area contributed by atoms with E-state index in [2.05, 4.69) is 4.98 Å². The minimum absolute atomic E-state index is 0.0814. The summed E-state index contributed by atoms with van der Waals surface area (Å²) in [6.45, 7) is 5.68. The third kappa shape index (κ3) is 3.35. The number of nitrogens with zero attached hydrogens (tertiary/aromatic N) is 3. The predicted octanol–water partition coefficient (Wildman–Crippen LogP) is 3.02. The molecule has 148 valence electrons. The fraction of sp³-hybridized carbons (Fsp3) is 0.421. The molecule has 28 heavy (non-hydrogen) atoms. The average Bonchev–Trinajstić information content (AvgIpc) is 3.07. The van der Waals surface area contributed by atoms with Gasteiger partial charge in [0.2, 0.25) is 11.7 Å². The number of rotatable bonds is 5. The highest BCUT2D eigenvalue weighted by Crippen LogP contribution is 2.34. The Kier molecular flexibility index (Phi) is 5.17. The Labute approximate surface area is 161 Å². The van der Waals surface area contributed by atoms with E-state index in [0.29, 0.717) is 19.4 Å². The maximum absolute atomic E-state index is 12.7. The molecule has 1 amide bonds. The minimum atomic E-state index is -1.12. The molecule has 9 nitrogen and oxygen atoms in total. The second-order valence-electron chi connectivity index (χ2n) is 7.22. The highest BCUT2D eigenvalue weighted by atomic mass is 17.2. The number of non-ortho nitro benzene ring substituents is 1. The van der Waals surface area contributed by atoms with Gasteiger partial charge in [0.1, 0.15) is 11.1 Å². The molecule has 0 N–H and O–H groups in total. The Morgan fingerprint density at radius 1 is 1.32 bits per heavy atom. The Bertz CT molecular complexity index is 944. The molecule has 1 fully saturated rings. The van der Waals surface area contributed by atoms with Crippen LogP contribution in [-0.4, -0.2) is 38.8 Å². The first-order chi connectivity index (χ1) is 13.3. The molecular formula is C19H21N3O6. The summed E-state index contributed by atoms with van der Waals surface area (Å²) in [5, 5.41) is 11.4. The summed E-state index contributed by atoms with van der Waals surface area (Å²) in [7, 11) is 0. The van der Waals surface area contributed by atoms with Crippen LogP contribution in [0.4, 0.5) is 5.69 Å². The van der Waals surface area contributed by atoms with Gasteiger partial charge in [-0.1, -0.05) is 13.8 Å². The number of carbonyl (C=O) groups is 2. The van der Waals surface area contributed by atoms with Gasteiger partial charge in [-0.05, 0) is 38.0 Å². The number of carbonyl (C=O) groups excluding carboxylic acids is 2. The maximum atomic E-state index is 12.7. The molecule has 0 aliphatic carbocycles. The fourth-order valence-electron chi connectivity index (χ4n) is 3.37. The van der Waals surface area contributed by atoms with Crippen LogP contribution < -0.4 is 4.89 Å². The van der Waals surface area contributed by atoms with Crippen molar-refractivity contribution in [2.24, 2.45) is 5.92 Å². The largest absolute Gasteiger partial charge is 0.380 e. The Hall–Kier alpha value is -3.23. The first-order valence-electron chi connectivity index (χ1n) is 8.98. The molecule has 3 rings (SSSR count). The summed E-state index contributed by atoms with van der Waals surface area (Å²) < 4.78 is 0. The zero-order valence-corrected chi connectivity index (χ0v) is 15.9. The molecule has 0 spiro atoms. The van der Waals surface area contributed by atoms with Crippen molar-refractivity contribution in [1.29, 1.82) is 0 Å². The van der Waals surface area contributed by atoms with Crippen LogP contribution in [0.2, 0.25) is 0 Å². The number of amides is 1. The monoisotopic (exact) mass is 387 g/mol. The average molecular weight is 387 g/mol. The van der Waals surface area contributed by atoms with Crippen molar-refractivity contribution in [1.82, 2.24) is 9.88 Å². The van der Waals surface area contributed by atoms with Crippen molar-refractivity contribution in [3.63, 3.8) is 0 Å². The van der Waals surface area contributed by atoms with Gasteiger partial charge in [0.15, 0.2) is 0 Å². The van der Waals surface area contributed by atoms with Crippen molar-refractivity contribution in [3.8, 4) is 5.75 Å². The molecular weight excluding hydrogens is 366 g/mol. The topological polar surface area (TPSA) is 112 Å². The van der Waals surface area contributed by atoms with Gasteiger partial charge in [-0.2, -0.15) is 0 Å². The van der Waals surface area contributed by atoms with Crippen molar-refractivity contribution < 1.29 is 24.3 Å². The smallest absolute Gasteiger partial charge is 0.326 e. The third-order valence-electron chi connectivity index (χ3n) is 4.95. The number of likely N-dealkylation sites (tertiary alicyclic amines) is 1. The molecule has 1 aromatic heterocycles. The molecule has 0 bridgehead atoms. The molecule has 0 unspecified atom stereocenters. The summed E-state index contributed by atoms with van der Waals surface area (Å²) in [5.74, 6) is -0.979. The van der Waals surface area contributed by atoms with Crippen molar-refractivity contribution in [2.45, 2.75) is 39.2 Å². The molecule has 1 aliphatic rings. The van der Waals surface area contributed by atoms with E-state index in [1.165, 1.54) is 29.3 Å². The molecule has 0 radical (unpaired) electrons. The Morgan fingerprint density at radius 3 is 2.75 bits per heavy atom. The van der Waals surface area contributed by atoms with Crippen molar-refractivity contribution in [3.05, 3.63) is 40.6 Å². The van der Waals surface area contributed by atoms with E-state index in [9.17, 15) is 19.7 Å². The maximum Gasteiger partial charge on any atom is 0.380 e. The van der Waals surface area contributed by atoms with Crippen molar-refractivity contribution in [2.75, 3.05) is 6.54 Å². The van der Waals surface area contributed by atoms with Crippen LogP contribution in [0.1, 0.15) is 33.6 Å². The van der Waals surface area contributed by atoms with Gasteiger partial charge in [0.25, 0.3) is 5.69 Å². The molecule has 1 saturated heterocycles. The second-order valence-corrected chi connectivity index (χ2v) is 7.22. The lowest BCUT2D eigenvalue weighted by molar-refractivity contribution is -0.383. The summed E-state index contributed by atoms with van der Waals surface area (Å²) in [6, 6.07) is 5.70. The fourth-order valence-corrected chi connectivity index (χ4v) is 3.37. The van der Waals surface area contributed by atoms with Crippen molar-refractivity contribution >= 4 is 28.5 Å². The molecule has 2 heterocycles. The van der Waals surface area contributed by atoms with E-state index in [0.717, 1.165) is 0 Å². The molecule has 2 aromatic rings. The van der Waals surface area contributed by atoms with E-state index in [1.54, 1.807) is 26.8 Å². The lowest BCUT2D eigenvalue weighted by Crippen LogP contribution is -2.53. The molecule has 1 aliphatic heterocycles. The molecule has 1 atom stereocenters. The van der Waals surface area contributed by atoms with Crippen LogP contribution in [0.5, 0.6) is 5.75 Å². The number of nitro groups is 1. The minimum Gasteiger partial charge on any atom is -0.326 e. The van der Waals surface area contributed by atoms with E-state index in [1.807, 2.05) is 0 Å². The predicted molar refractivity (Wildman–Crippen MR) is 99.3 cm³/mol. The Balaban J connectivity index is 1.82. The van der Waals surface area contributed by atoms with Gasteiger partial charge < -0.3 is 4.90 Å². The number of benzene rings is 1. The second kappa shape index (κ2) is 7.41. The van der Waals surface area contributed by atoms with Crippen LogP contribution in [0.3, 0.4) is 0 Å². The van der Waals surface area contributed by atoms with Crippen LogP contribution >= 0.6 is 0 Å². The lowest BCUT2D eigenvalue weighted by atomic mass is 9.98.